The Morgan fingerprint density at radius 1 is 1.38 bits per heavy atom. The van der Waals surface area contributed by atoms with Crippen molar-refractivity contribution in [3.8, 4) is 6.07 Å². The fraction of sp³-hybridized carbons (Fsp3) is 0.533. The first kappa shape index (κ1) is 17.6. The second-order valence-corrected chi connectivity index (χ2v) is 7.66. The lowest BCUT2D eigenvalue weighted by Crippen LogP contribution is -2.34. The van der Waals surface area contributed by atoms with Crippen molar-refractivity contribution in [2.75, 3.05) is 13.6 Å². The van der Waals surface area contributed by atoms with Crippen molar-refractivity contribution in [1.29, 1.82) is 5.26 Å². The maximum atomic E-state index is 12.5. The van der Waals surface area contributed by atoms with Gasteiger partial charge in [0.25, 0.3) is 0 Å². The zero-order valence-corrected chi connectivity index (χ0v) is 13.8. The highest BCUT2D eigenvalue weighted by Gasteiger charge is 2.22. The monoisotopic (exact) mass is 309 g/mol. The molecule has 5 nitrogen and oxygen atoms in total. The highest BCUT2D eigenvalue weighted by molar-refractivity contribution is 7.89. The zero-order valence-electron chi connectivity index (χ0n) is 13.0. The van der Waals surface area contributed by atoms with Crippen LogP contribution < -0.4 is 5.73 Å². The summed E-state index contributed by atoms with van der Waals surface area (Å²) in [6.07, 6.45) is 0.614. The van der Waals surface area contributed by atoms with Crippen LogP contribution in [0.2, 0.25) is 0 Å². The second kappa shape index (κ2) is 7.03. The summed E-state index contributed by atoms with van der Waals surface area (Å²) in [5.74, 6) is 0.318. The lowest BCUT2D eigenvalue weighted by Gasteiger charge is -2.21. The van der Waals surface area contributed by atoms with E-state index in [0.29, 0.717) is 30.0 Å². The van der Waals surface area contributed by atoms with E-state index in [4.69, 9.17) is 11.0 Å². The molecule has 0 bridgehead atoms. The van der Waals surface area contributed by atoms with Crippen molar-refractivity contribution in [1.82, 2.24) is 4.31 Å². The first-order valence-electron chi connectivity index (χ1n) is 6.92. The number of hydrogen-bond acceptors (Lipinski definition) is 4. The van der Waals surface area contributed by atoms with Crippen LogP contribution in [-0.4, -0.2) is 32.4 Å². The van der Waals surface area contributed by atoms with Gasteiger partial charge in [-0.1, -0.05) is 13.8 Å². The van der Waals surface area contributed by atoms with Gasteiger partial charge in [-0.25, -0.2) is 12.7 Å². The molecule has 116 valence electrons. The summed E-state index contributed by atoms with van der Waals surface area (Å²) in [5.41, 5.74) is 7.09. The molecule has 1 rings (SSSR count). The molecule has 1 unspecified atom stereocenters. The number of aryl methyl sites for hydroxylation is 1. The SMILES string of the molecule is Cc1cc(S(=O)(=O)N(C)CCC(N)C(C)C)ccc1C#N. The smallest absolute Gasteiger partial charge is 0.242 e. The highest BCUT2D eigenvalue weighted by Crippen LogP contribution is 2.19. The Morgan fingerprint density at radius 2 is 2.00 bits per heavy atom. The van der Waals surface area contributed by atoms with E-state index in [0.717, 1.165) is 0 Å². The minimum atomic E-state index is -3.54. The number of nitriles is 1. The molecule has 0 heterocycles. The summed E-state index contributed by atoms with van der Waals surface area (Å²) >= 11 is 0. The van der Waals surface area contributed by atoms with E-state index >= 15 is 0 Å². The van der Waals surface area contributed by atoms with Crippen molar-refractivity contribution in [3.05, 3.63) is 29.3 Å². The second-order valence-electron chi connectivity index (χ2n) is 5.61. The van der Waals surface area contributed by atoms with Gasteiger partial charge in [-0.3, -0.25) is 0 Å². The van der Waals surface area contributed by atoms with Crippen LogP contribution in [0.25, 0.3) is 0 Å². The molecular weight excluding hydrogens is 286 g/mol. The normalized spacial score (nSPS) is 13.4. The fourth-order valence-corrected chi connectivity index (χ4v) is 3.16. The third kappa shape index (κ3) is 4.27. The van der Waals surface area contributed by atoms with E-state index in [1.807, 2.05) is 19.9 Å². The third-order valence-corrected chi connectivity index (χ3v) is 5.51. The number of sulfonamides is 1. The van der Waals surface area contributed by atoms with Crippen LogP contribution in [0.1, 0.15) is 31.4 Å². The molecule has 0 aliphatic carbocycles. The summed E-state index contributed by atoms with van der Waals surface area (Å²) in [4.78, 5) is 0.208. The predicted molar refractivity (Wildman–Crippen MR) is 83.1 cm³/mol. The fourth-order valence-electron chi connectivity index (χ4n) is 1.89. The van der Waals surface area contributed by atoms with Crippen LogP contribution in [0.15, 0.2) is 23.1 Å². The molecule has 2 N–H and O–H groups in total. The molecule has 6 heteroatoms. The van der Waals surface area contributed by atoms with Crippen LogP contribution in [0.5, 0.6) is 0 Å². The summed E-state index contributed by atoms with van der Waals surface area (Å²) < 4.78 is 26.3. The van der Waals surface area contributed by atoms with Gasteiger partial charge in [0, 0.05) is 19.6 Å². The molecule has 0 radical (unpaired) electrons. The number of rotatable bonds is 6. The third-order valence-electron chi connectivity index (χ3n) is 3.66. The van der Waals surface area contributed by atoms with Gasteiger partial charge in [0.15, 0.2) is 0 Å². The Labute approximate surface area is 127 Å². The van der Waals surface area contributed by atoms with Gasteiger partial charge < -0.3 is 5.73 Å². The maximum Gasteiger partial charge on any atom is 0.242 e. The molecule has 0 aliphatic rings. The Morgan fingerprint density at radius 3 is 2.48 bits per heavy atom. The zero-order chi connectivity index (χ0) is 16.2. The average molecular weight is 309 g/mol. The molecule has 0 saturated carbocycles. The van der Waals surface area contributed by atoms with Gasteiger partial charge in [-0.15, -0.1) is 0 Å². The van der Waals surface area contributed by atoms with Gasteiger partial charge in [0.2, 0.25) is 10.0 Å². The average Bonchev–Trinajstić information content (AvgIpc) is 2.43. The van der Waals surface area contributed by atoms with Crippen LogP contribution in [0, 0.1) is 24.2 Å². The van der Waals surface area contributed by atoms with Crippen molar-refractivity contribution in [2.24, 2.45) is 11.7 Å². The van der Waals surface area contributed by atoms with Gasteiger partial charge in [-0.2, -0.15) is 5.26 Å². The molecule has 1 aromatic carbocycles. The molecule has 1 aromatic rings. The van der Waals surface area contributed by atoms with Gasteiger partial charge in [-0.05, 0) is 43.0 Å². The van der Waals surface area contributed by atoms with E-state index in [1.165, 1.54) is 22.5 Å². The topological polar surface area (TPSA) is 87.2 Å². The van der Waals surface area contributed by atoms with Crippen LogP contribution >= 0.6 is 0 Å². The molecule has 0 fully saturated rings. The van der Waals surface area contributed by atoms with Gasteiger partial charge >= 0.3 is 0 Å². The van der Waals surface area contributed by atoms with E-state index in [9.17, 15) is 8.42 Å². The van der Waals surface area contributed by atoms with E-state index in [-0.39, 0.29) is 10.9 Å². The van der Waals surface area contributed by atoms with E-state index in [2.05, 4.69) is 0 Å². The Bertz CT molecular complexity index is 633. The van der Waals surface area contributed by atoms with Crippen molar-refractivity contribution < 1.29 is 8.42 Å². The molecule has 0 aromatic heterocycles. The minimum Gasteiger partial charge on any atom is -0.327 e. The van der Waals surface area contributed by atoms with Crippen LogP contribution in [-0.2, 0) is 10.0 Å². The summed E-state index contributed by atoms with van der Waals surface area (Å²) in [6, 6.07) is 6.55. The molecular formula is C15H23N3O2S. The highest BCUT2D eigenvalue weighted by atomic mass is 32.2. The molecule has 0 spiro atoms. The van der Waals surface area contributed by atoms with Crippen molar-refractivity contribution in [2.45, 2.75) is 38.1 Å². The summed E-state index contributed by atoms with van der Waals surface area (Å²) in [6.45, 7) is 6.14. The largest absolute Gasteiger partial charge is 0.327 e. The quantitative estimate of drug-likeness (QED) is 0.869. The number of benzene rings is 1. The van der Waals surface area contributed by atoms with Crippen molar-refractivity contribution >= 4 is 10.0 Å². The molecule has 0 aliphatic heterocycles. The molecule has 0 saturated heterocycles. The Balaban J connectivity index is 2.90. The minimum absolute atomic E-state index is 0.0228. The first-order chi connectivity index (χ1) is 9.70. The lowest BCUT2D eigenvalue weighted by molar-refractivity contribution is 0.397. The summed E-state index contributed by atoms with van der Waals surface area (Å²) in [7, 11) is -1.99. The van der Waals surface area contributed by atoms with E-state index < -0.39 is 10.0 Å². The Hall–Kier alpha value is -1.42. The van der Waals surface area contributed by atoms with Crippen molar-refractivity contribution in [3.63, 3.8) is 0 Å². The maximum absolute atomic E-state index is 12.5. The first-order valence-corrected chi connectivity index (χ1v) is 8.36. The summed E-state index contributed by atoms with van der Waals surface area (Å²) in [5, 5.41) is 8.89. The molecule has 1 atom stereocenters. The van der Waals surface area contributed by atoms with Gasteiger partial charge in [0.05, 0.1) is 16.5 Å². The van der Waals surface area contributed by atoms with Crippen LogP contribution in [0.3, 0.4) is 0 Å². The lowest BCUT2D eigenvalue weighted by atomic mass is 10.0. The molecule has 21 heavy (non-hydrogen) atoms. The number of hydrogen-bond donors (Lipinski definition) is 1. The number of nitrogens with two attached hydrogens (primary N) is 1. The molecule has 0 amide bonds. The Kier molecular flexibility index (Phi) is 5.90. The number of nitrogens with zero attached hydrogens (tertiary/aromatic N) is 2. The predicted octanol–water partition coefficient (Wildman–Crippen LogP) is 1.86. The van der Waals surface area contributed by atoms with Crippen LogP contribution in [0.4, 0.5) is 0 Å². The van der Waals surface area contributed by atoms with Gasteiger partial charge in [0.1, 0.15) is 0 Å². The van der Waals surface area contributed by atoms with E-state index in [1.54, 1.807) is 14.0 Å². The standard InChI is InChI=1S/C15H23N3O2S/c1-11(2)15(17)7-8-18(4)21(19,20)14-6-5-13(10-16)12(3)9-14/h5-6,9,11,15H,7-8,17H2,1-4H3.